The summed E-state index contributed by atoms with van der Waals surface area (Å²) in [6.45, 7) is 0. The van der Waals surface area contributed by atoms with Crippen molar-refractivity contribution in [3.05, 3.63) is 65.2 Å². The van der Waals surface area contributed by atoms with E-state index in [9.17, 15) is 17.2 Å². The van der Waals surface area contributed by atoms with Gasteiger partial charge in [-0.2, -0.15) is 0 Å². The minimum Gasteiger partial charge on any atom is -0.301 e. The summed E-state index contributed by atoms with van der Waals surface area (Å²) in [4.78, 5) is 0. The summed E-state index contributed by atoms with van der Waals surface area (Å²) in [5.74, 6) is -1.08. The van der Waals surface area contributed by atoms with Crippen LogP contribution in [0.5, 0.6) is 0 Å². The maximum absolute atomic E-state index is 14.0. The summed E-state index contributed by atoms with van der Waals surface area (Å²) >= 11 is 0. The summed E-state index contributed by atoms with van der Waals surface area (Å²) in [6, 6.07) is 11.0. The van der Waals surface area contributed by atoms with Gasteiger partial charge in [0, 0.05) is 18.7 Å². The lowest BCUT2D eigenvalue weighted by molar-refractivity contribution is 0.562. The summed E-state index contributed by atoms with van der Waals surface area (Å²) in [6.07, 6.45) is 0.431. The van der Waals surface area contributed by atoms with Crippen molar-refractivity contribution in [1.82, 2.24) is 14.8 Å². The van der Waals surface area contributed by atoms with Crippen molar-refractivity contribution >= 4 is 9.84 Å². The monoisotopic (exact) mass is 375 g/mol. The molecule has 0 spiro atoms. The summed E-state index contributed by atoms with van der Waals surface area (Å²) < 4.78 is 55.2. The number of sulfone groups is 1. The molecule has 1 aliphatic carbocycles. The highest BCUT2D eigenvalue weighted by Gasteiger charge is 2.39. The highest BCUT2D eigenvalue weighted by molar-refractivity contribution is 7.91. The fourth-order valence-corrected chi connectivity index (χ4v) is 5.31. The Morgan fingerprint density at radius 1 is 1.12 bits per heavy atom. The quantitative estimate of drug-likeness (QED) is 0.705. The molecule has 3 aromatic rings. The van der Waals surface area contributed by atoms with Gasteiger partial charge in [-0.3, -0.25) is 0 Å². The van der Waals surface area contributed by atoms with E-state index in [1.165, 1.54) is 4.57 Å². The van der Waals surface area contributed by atoms with Crippen molar-refractivity contribution in [1.29, 1.82) is 0 Å². The maximum Gasteiger partial charge on any atom is 0.250 e. The third-order valence-corrected chi connectivity index (χ3v) is 6.80. The van der Waals surface area contributed by atoms with Gasteiger partial charge in [0.25, 0.3) is 0 Å². The van der Waals surface area contributed by atoms with Gasteiger partial charge in [0.15, 0.2) is 5.82 Å². The van der Waals surface area contributed by atoms with Crippen LogP contribution >= 0.6 is 0 Å². The first kappa shape index (κ1) is 16.8. The zero-order valence-corrected chi connectivity index (χ0v) is 14.7. The van der Waals surface area contributed by atoms with Crippen LogP contribution in [0.15, 0.2) is 47.6 Å². The van der Waals surface area contributed by atoms with E-state index in [-0.39, 0.29) is 29.1 Å². The van der Waals surface area contributed by atoms with Gasteiger partial charge in [-0.15, -0.1) is 10.2 Å². The van der Waals surface area contributed by atoms with Crippen LogP contribution in [-0.4, -0.2) is 23.2 Å². The first-order chi connectivity index (χ1) is 12.4. The Balaban J connectivity index is 1.80. The fourth-order valence-electron chi connectivity index (χ4n) is 3.46. The third kappa shape index (κ3) is 2.52. The maximum atomic E-state index is 14.0. The Labute approximate surface area is 149 Å². The Kier molecular flexibility index (Phi) is 3.87. The fraction of sp³-hybridized carbons (Fsp3) is 0.222. The number of halogens is 2. The van der Waals surface area contributed by atoms with Crippen LogP contribution in [0, 0.1) is 11.6 Å². The zero-order valence-electron chi connectivity index (χ0n) is 13.9. The highest BCUT2D eigenvalue weighted by Crippen LogP contribution is 2.41. The van der Waals surface area contributed by atoms with E-state index in [1.54, 1.807) is 19.2 Å². The third-order valence-electron chi connectivity index (χ3n) is 4.69. The lowest BCUT2D eigenvalue weighted by atomic mass is 10.1. The highest BCUT2D eigenvalue weighted by atomic mass is 32.2. The molecule has 0 fully saturated rings. The van der Waals surface area contributed by atoms with E-state index in [0.717, 1.165) is 17.7 Å². The van der Waals surface area contributed by atoms with Crippen molar-refractivity contribution in [3.8, 4) is 11.4 Å². The molecule has 0 amide bonds. The van der Waals surface area contributed by atoms with Crippen molar-refractivity contribution in [3.63, 3.8) is 0 Å². The van der Waals surface area contributed by atoms with E-state index in [0.29, 0.717) is 5.82 Å². The zero-order chi connectivity index (χ0) is 18.5. The number of fused-ring (bicyclic) bond motifs is 1. The molecule has 1 atom stereocenters. The van der Waals surface area contributed by atoms with Crippen molar-refractivity contribution in [2.75, 3.05) is 0 Å². The van der Waals surface area contributed by atoms with E-state index >= 15 is 0 Å². The van der Waals surface area contributed by atoms with Gasteiger partial charge < -0.3 is 4.57 Å². The minimum atomic E-state index is -3.95. The van der Waals surface area contributed by atoms with Gasteiger partial charge in [-0.05, 0) is 30.0 Å². The molecule has 5 nitrogen and oxygen atoms in total. The van der Waals surface area contributed by atoms with E-state index < -0.39 is 26.7 Å². The molecule has 8 heteroatoms. The molecule has 1 aliphatic rings. The molecule has 134 valence electrons. The van der Waals surface area contributed by atoms with Gasteiger partial charge in [0.1, 0.15) is 11.6 Å². The minimum absolute atomic E-state index is 0.173. The van der Waals surface area contributed by atoms with Gasteiger partial charge in [-0.1, -0.05) is 30.3 Å². The molecule has 4 rings (SSSR count). The van der Waals surface area contributed by atoms with Gasteiger partial charge >= 0.3 is 0 Å². The lowest BCUT2D eigenvalue weighted by Crippen LogP contribution is -2.16. The number of rotatable bonds is 3. The van der Waals surface area contributed by atoms with Crippen LogP contribution < -0.4 is 0 Å². The number of nitrogens with zero attached hydrogens (tertiary/aromatic N) is 3. The Morgan fingerprint density at radius 3 is 2.58 bits per heavy atom. The van der Waals surface area contributed by atoms with Crippen LogP contribution in [0.1, 0.15) is 22.8 Å². The topological polar surface area (TPSA) is 64.8 Å². The van der Waals surface area contributed by atoms with E-state index in [2.05, 4.69) is 10.2 Å². The molecule has 0 aliphatic heterocycles. The average Bonchev–Trinajstić information content (AvgIpc) is 3.20. The summed E-state index contributed by atoms with van der Waals surface area (Å²) in [7, 11) is -2.38. The number of aromatic nitrogens is 3. The summed E-state index contributed by atoms with van der Waals surface area (Å²) in [5.41, 5.74) is 1.16. The SMILES string of the molecule is Cn1c(-c2ccccc2)nnc1S(=O)(=O)[C@@H]1CCc2c(F)cc(F)cc21. The second-order valence-corrected chi connectivity index (χ2v) is 8.28. The molecule has 0 saturated carbocycles. The molecular formula is C18H15F2N3O2S. The molecule has 2 aromatic carbocycles. The van der Waals surface area contributed by atoms with Crippen LogP contribution in [0.3, 0.4) is 0 Å². The average molecular weight is 375 g/mol. The van der Waals surface area contributed by atoms with Crippen LogP contribution in [0.25, 0.3) is 11.4 Å². The molecule has 0 saturated heterocycles. The predicted molar refractivity (Wildman–Crippen MR) is 91.0 cm³/mol. The largest absolute Gasteiger partial charge is 0.301 e. The van der Waals surface area contributed by atoms with E-state index in [4.69, 9.17) is 0 Å². The second kappa shape index (κ2) is 5.98. The predicted octanol–water partition coefficient (Wildman–Crippen LogP) is 3.22. The van der Waals surface area contributed by atoms with E-state index in [1.807, 2.05) is 18.2 Å². The molecule has 0 unspecified atom stereocenters. The Bertz CT molecular complexity index is 1100. The first-order valence-electron chi connectivity index (χ1n) is 8.06. The molecule has 0 radical (unpaired) electrons. The molecule has 0 N–H and O–H groups in total. The number of hydrogen-bond acceptors (Lipinski definition) is 4. The molecule has 26 heavy (non-hydrogen) atoms. The first-order valence-corrected chi connectivity index (χ1v) is 9.60. The normalized spacial score (nSPS) is 16.7. The molecular weight excluding hydrogens is 360 g/mol. The number of hydrogen-bond donors (Lipinski definition) is 0. The smallest absolute Gasteiger partial charge is 0.250 e. The standard InChI is InChI=1S/C18H15F2N3O2S/c1-23-17(11-5-3-2-4-6-11)21-22-18(23)26(24,25)16-8-7-13-14(16)9-12(19)10-15(13)20/h2-6,9-10,16H,7-8H2,1H3/t16-/m1/s1. The number of benzene rings is 2. The van der Waals surface area contributed by atoms with Crippen molar-refractivity contribution in [2.45, 2.75) is 23.2 Å². The van der Waals surface area contributed by atoms with Crippen molar-refractivity contribution < 1.29 is 17.2 Å². The molecule has 1 aromatic heterocycles. The van der Waals surface area contributed by atoms with Crippen LogP contribution in [0.2, 0.25) is 0 Å². The summed E-state index contributed by atoms with van der Waals surface area (Å²) in [5, 5.41) is 6.62. The van der Waals surface area contributed by atoms with Gasteiger partial charge in [-0.25, -0.2) is 17.2 Å². The Morgan fingerprint density at radius 2 is 1.85 bits per heavy atom. The van der Waals surface area contributed by atoms with Crippen LogP contribution in [0.4, 0.5) is 8.78 Å². The van der Waals surface area contributed by atoms with Crippen molar-refractivity contribution in [2.24, 2.45) is 7.05 Å². The second-order valence-electron chi connectivity index (χ2n) is 6.26. The van der Waals surface area contributed by atoms with Gasteiger partial charge in [0.2, 0.25) is 15.0 Å². The van der Waals surface area contributed by atoms with Crippen LogP contribution in [-0.2, 0) is 23.3 Å². The molecule has 1 heterocycles. The van der Waals surface area contributed by atoms with Gasteiger partial charge in [0.05, 0.1) is 5.25 Å². The molecule has 0 bridgehead atoms. The lowest BCUT2D eigenvalue weighted by Gasteiger charge is -2.13. The Hall–Kier alpha value is -2.61.